The van der Waals surface area contributed by atoms with Crippen LogP contribution in [0.2, 0.25) is 0 Å². The Bertz CT molecular complexity index is 449. The van der Waals surface area contributed by atoms with Crippen molar-refractivity contribution >= 4 is 11.4 Å². The van der Waals surface area contributed by atoms with E-state index in [-0.39, 0.29) is 23.6 Å². The normalized spacial score (nSPS) is 12.2. The first-order valence-corrected chi connectivity index (χ1v) is 6.90. The van der Waals surface area contributed by atoms with E-state index in [1.807, 2.05) is 13.8 Å². The molecular formula is C14H23N3O3. The number of anilines is 1. The van der Waals surface area contributed by atoms with Gasteiger partial charge in [-0.2, -0.15) is 0 Å². The molecule has 0 saturated carbocycles. The molecule has 0 aliphatic carbocycles. The van der Waals surface area contributed by atoms with Gasteiger partial charge < -0.3 is 15.8 Å². The fourth-order valence-corrected chi connectivity index (χ4v) is 1.99. The van der Waals surface area contributed by atoms with Crippen molar-refractivity contribution in [3.63, 3.8) is 0 Å². The lowest BCUT2D eigenvalue weighted by molar-refractivity contribution is -0.385. The Morgan fingerprint density at radius 1 is 1.45 bits per heavy atom. The molecule has 6 nitrogen and oxygen atoms in total. The number of benzene rings is 1. The summed E-state index contributed by atoms with van der Waals surface area (Å²) in [5.41, 5.74) is 6.11. The van der Waals surface area contributed by atoms with E-state index in [9.17, 15) is 10.1 Å². The highest BCUT2D eigenvalue weighted by molar-refractivity contribution is 5.68. The van der Waals surface area contributed by atoms with E-state index in [0.717, 1.165) is 12.8 Å². The average molecular weight is 281 g/mol. The summed E-state index contributed by atoms with van der Waals surface area (Å²) in [5, 5.41) is 14.5. The molecule has 0 amide bonds. The topological polar surface area (TPSA) is 90.4 Å². The SMILES string of the molecule is CCCC(CN)Nc1cccc(OC(C)C)c1[N+](=O)[O-]. The molecule has 0 radical (unpaired) electrons. The van der Waals surface area contributed by atoms with Crippen LogP contribution in [0.5, 0.6) is 5.75 Å². The second-order valence-electron chi connectivity index (χ2n) is 4.94. The zero-order chi connectivity index (χ0) is 15.1. The Hall–Kier alpha value is -1.82. The first-order valence-electron chi connectivity index (χ1n) is 6.90. The van der Waals surface area contributed by atoms with Gasteiger partial charge in [0.15, 0.2) is 5.75 Å². The molecule has 3 N–H and O–H groups in total. The number of nitrogens with zero attached hydrogens (tertiary/aromatic N) is 1. The van der Waals surface area contributed by atoms with Crippen LogP contribution in [0.15, 0.2) is 18.2 Å². The second kappa shape index (κ2) is 7.69. The number of hydrogen-bond acceptors (Lipinski definition) is 5. The van der Waals surface area contributed by atoms with Crippen molar-refractivity contribution in [2.24, 2.45) is 5.73 Å². The zero-order valence-corrected chi connectivity index (χ0v) is 12.3. The standard InChI is InChI=1S/C14H23N3O3/c1-4-6-11(9-15)16-12-7-5-8-13(20-10(2)3)14(12)17(18)19/h5,7-8,10-11,16H,4,6,9,15H2,1-3H3. The third-order valence-electron chi connectivity index (χ3n) is 2.83. The highest BCUT2D eigenvalue weighted by Gasteiger charge is 2.23. The van der Waals surface area contributed by atoms with Gasteiger partial charge in [-0.15, -0.1) is 0 Å². The van der Waals surface area contributed by atoms with Crippen LogP contribution in [-0.2, 0) is 0 Å². The summed E-state index contributed by atoms with van der Waals surface area (Å²) < 4.78 is 5.51. The lowest BCUT2D eigenvalue weighted by Crippen LogP contribution is -2.29. The highest BCUT2D eigenvalue weighted by Crippen LogP contribution is 2.35. The van der Waals surface area contributed by atoms with Gasteiger partial charge in [-0.25, -0.2) is 0 Å². The van der Waals surface area contributed by atoms with Gasteiger partial charge in [0.25, 0.3) is 0 Å². The fourth-order valence-electron chi connectivity index (χ4n) is 1.99. The van der Waals surface area contributed by atoms with Crippen molar-refractivity contribution < 1.29 is 9.66 Å². The number of nitro benzene ring substituents is 1. The van der Waals surface area contributed by atoms with E-state index in [1.165, 1.54) is 0 Å². The Labute approximate surface area is 119 Å². The van der Waals surface area contributed by atoms with Crippen molar-refractivity contribution in [1.29, 1.82) is 0 Å². The van der Waals surface area contributed by atoms with Crippen LogP contribution in [0.25, 0.3) is 0 Å². The second-order valence-corrected chi connectivity index (χ2v) is 4.94. The van der Waals surface area contributed by atoms with Crippen molar-refractivity contribution in [1.82, 2.24) is 0 Å². The van der Waals surface area contributed by atoms with Crippen LogP contribution in [0, 0.1) is 10.1 Å². The molecule has 0 bridgehead atoms. The average Bonchev–Trinajstić information content (AvgIpc) is 2.37. The first-order chi connectivity index (χ1) is 9.49. The maximum absolute atomic E-state index is 11.3. The number of ether oxygens (including phenoxy) is 1. The largest absolute Gasteiger partial charge is 0.484 e. The van der Waals surface area contributed by atoms with E-state index in [0.29, 0.717) is 12.2 Å². The molecule has 0 fully saturated rings. The molecule has 0 aliphatic heterocycles. The summed E-state index contributed by atoms with van der Waals surface area (Å²) in [6.07, 6.45) is 1.71. The van der Waals surface area contributed by atoms with E-state index in [4.69, 9.17) is 10.5 Å². The predicted octanol–water partition coefficient (Wildman–Crippen LogP) is 2.92. The van der Waals surface area contributed by atoms with Crippen LogP contribution < -0.4 is 15.8 Å². The highest BCUT2D eigenvalue weighted by atomic mass is 16.6. The van der Waals surface area contributed by atoms with Crippen LogP contribution >= 0.6 is 0 Å². The predicted molar refractivity (Wildman–Crippen MR) is 80.2 cm³/mol. The van der Waals surface area contributed by atoms with Gasteiger partial charge in [-0.1, -0.05) is 19.4 Å². The molecule has 112 valence electrons. The molecular weight excluding hydrogens is 258 g/mol. The van der Waals surface area contributed by atoms with Gasteiger partial charge in [0.05, 0.1) is 11.0 Å². The summed E-state index contributed by atoms with van der Waals surface area (Å²) in [6, 6.07) is 5.06. The lowest BCUT2D eigenvalue weighted by atomic mass is 10.1. The molecule has 0 aromatic heterocycles. The van der Waals surface area contributed by atoms with Crippen LogP contribution in [-0.4, -0.2) is 23.6 Å². The fraction of sp³-hybridized carbons (Fsp3) is 0.571. The monoisotopic (exact) mass is 281 g/mol. The third kappa shape index (κ3) is 4.38. The van der Waals surface area contributed by atoms with Gasteiger partial charge in [0.2, 0.25) is 0 Å². The molecule has 20 heavy (non-hydrogen) atoms. The molecule has 1 unspecified atom stereocenters. The summed E-state index contributed by atoms with van der Waals surface area (Å²) in [5.74, 6) is 0.280. The number of para-hydroxylation sites is 1. The molecule has 0 spiro atoms. The smallest absolute Gasteiger partial charge is 0.333 e. The van der Waals surface area contributed by atoms with Gasteiger partial charge in [-0.05, 0) is 32.4 Å². The van der Waals surface area contributed by atoms with E-state index >= 15 is 0 Å². The summed E-state index contributed by atoms with van der Waals surface area (Å²) >= 11 is 0. The number of nitrogens with two attached hydrogens (primary N) is 1. The molecule has 1 aromatic rings. The minimum absolute atomic E-state index is 0.0213. The Kier molecular flexibility index (Phi) is 6.24. The van der Waals surface area contributed by atoms with Gasteiger partial charge in [0, 0.05) is 12.6 Å². The van der Waals surface area contributed by atoms with Crippen LogP contribution in [0.3, 0.4) is 0 Å². The summed E-state index contributed by atoms with van der Waals surface area (Å²) in [6.45, 7) is 6.16. The molecule has 1 atom stereocenters. The first kappa shape index (κ1) is 16.2. The number of nitrogens with one attached hydrogen (secondary N) is 1. The van der Waals surface area contributed by atoms with Crippen molar-refractivity contribution in [3.8, 4) is 5.75 Å². The number of nitro groups is 1. The van der Waals surface area contributed by atoms with Crippen LogP contribution in [0.1, 0.15) is 33.6 Å². The Morgan fingerprint density at radius 2 is 2.15 bits per heavy atom. The molecule has 1 aromatic carbocycles. The molecule has 0 heterocycles. The van der Waals surface area contributed by atoms with Crippen molar-refractivity contribution in [2.75, 3.05) is 11.9 Å². The van der Waals surface area contributed by atoms with E-state index < -0.39 is 4.92 Å². The molecule has 0 saturated heterocycles. The van der Waals surface area contributed by atoms with Crippen LogP contribution in [0.4, 0.5) is 11.4 Å². The molecule has 1 rings (SSSR count). The molecule has 0 aliphatic rings. The Morgan fingerprint density at radius 3 is 2.65 bits per heavy atom. The van der Waals surface area contributed by atoms with Gasteiger partial charge in [-0.3, -0.25) is 10.1 Å². The number of rotatable bonds is 8. The minimum atomic E-state index is -0.417. The van der Waals surface area contributed by atoms with E-state index in [1.54, 1.807) is 18.2 Å². The third-order valence-corrected chi connectivity index (χ3v) is 2.83. The Balaban J connectivity index is 3.08. The molecule has 6 heteroatoms. The minimum Gasteiger partial charge on any atom is -0.484 e. The maximum Gasteiger partial charge on any atom is 0.333 e. The van der Waals surface area contributed by atoms with Gasteiger partial charge >= 0.3 is 5.69 Å². The summed E-state index contributed by atoms with van der Waals surface area (Å²) in [4.78, 5) is 10.9. The zero-order valence-electron chi connectivity index (χ0n) is 12.3. The van der Waals surface area contributed by atoms with Crippen molar-refractivity contribution in [3.05, 3.63) is 28.3 Å². The van der Waals surface area contributed by atoms with E-state index in [2.05, 4.69) is 12.2 Å². The number of hydrogen-bond donors (Lipinski definition) is 2. The van der Waals surface area contributed by atoms with Crippen molar-refractivity contribution in [2.45, 2.75) is 45.8 Å². The quantitative estimate of drug-likeness (QED) is 0.564. The lowest BCUT2D eigenvalue weighted by Gasteiger charge is -2.18. The van der Waals surface area contributed by atoms with Gasteiger partial charge in [0.1, 0.15) is 5.69 Å². The maximum atomic E-state index is 11.3. The summed E-state index contributed by atoms with van der Waals surface area (Å²) in [7, 11) is 0.